The van der Waals surface area contributed by atoms with Crippen molar-refractivity contribution >= 4 is 5.97 Å². The van der Waals surface area contributed by atoms with Crippen LogP contribution in [0.3, 0.4) is 0 Å². The summed E-state index contributed by atoms with van der Waals surface area (Å²) in [4.78, 5) is 13.6. The molecule has 1 N–H and O–H groups in total. The predicted octanol–water partition coefficient (Wildman–Crippen LogP) is 3.67. The number of aliphatic carboxylic acids is 1. The van der Waals surface area contributed by atoms with Crippen LogP contribution in [-0.4, -0.2) is 34.6 Å². The Morgan fingerprint density at radius 3 is 2.20 bits per heavy atom. The number of nitrogens with zero attached hydrogens (tertiary/aromatic N) is 1. The molecular weight excluding hydrogens is 250 g/mol. The fraction of sp³-hybridized carbons (Fsp3) is 0.941. The highest BCUT2D eigenvalue weighted by atomic mass is 16.4. The topological polar surface area (TPSA) is 40.5 Å². The summed E-state index contributed by atoms with van der Waals surface area (Å²) in [5, 5.41) is 8.98. The molecule has 0 spiro atoms. The lowest BCUT2D eigenvalue weighted by atomic mass is 9.85. The Kier molecular flexibility index (Phi) is 4.65. The summed E-state index contributed by atoms with van der Waals surface area (Å²) in [6.07, 6.45) is 13.9. The Bertz CT molecular complexity index is 324. The molecule has 3 fully saturated rings. The molecule has 0 aromatic rings. The number of carboxylic acids is 1. The van der Waals surface area contributed by atoms with E-state index in [0.717, 1.165) is 18.8 Å². The summed E-state index contributed by atoms with van der Waals surface area (Å²) >= 11 is 0. The zero-order chi connectivity index (χ0) is 13.9. The molecule has 0 aromatic carbocycles. The van der Waals surface area contributed by atoms with Crippen LogP contribution < -0.4 is 0 Å². The molecule has 20 heavy (non-hydrogen) atoms. The van der Waals surface area contributed by atoms with E-state index in [9.17, 15) is 4.79 Å². The first-order valence-electron chi connectivity index (χ1n) is 8.70. The molecule has 3 aliphatic rings. The third kappa shape index (κ3) is 3.36. The Labute approximate surface area is 122 Å². The highest BCUT2D eigenvalue weighted by Crippen LogP contribution is 2.40. The van der Waals surface area contributed by atoms with Crippen molar-refractivity contribution in [1.82, 2.24) is 4.90 Å². The van der Waals surface area contributed by atoms with E-state index < -0.39 is 5.97 Å². The molecule has 1 saturated carbocycles. The molecule has 2 heterocycles. The van der Waals surface area contributed by atoms with Crippen LogP contribution in [0.1, 0.15) is 70.6 Å². The maximum atomic E-state index is 10.9. The second-order valence-electron chi connectivity index (χ2n) is 7.35. The summed E-state index contributed by atoms with van der Waals surface area (Å²) in [7, 11) is 0. The van der Waals surface area contributed by atoms with E-state index in [0.29, 0.717) is 24.4 Å². The average Bonchev–Trinajstić information content (AvgIpc) is 2.67. The van der Waals surface area contributed by atoms with E-state index in [2.05, 4.69) is 4.90 Å². The SMILES string of the molecule is O=C(O)CC1CC2CCC(C1)N2CCC1CCCCC1. The number of fused-ring (bicyclic) bond motifs is 2. The number of hydrogen-bond donors (Lipinski definition) is 1. The van der Waals surface area contributed by atoms with E-state index in [1.807, 2.05) is 0 Å². The molecule has 0 radical (unpaired) electrons. The third-order valence-electron chi connectivity index (χ3n) is 5.97. The quantitative estimate of drug-likeness (QED) is 0.834. The first-order chi connectivity index (χ1) is 9.72. The smallest absolute Gasteiger partial charge is 0.303 e. The van der Waals surface area contributed by atoms with Gasteiger partial charge in [0.25, 0.3) is 0 Å². The third-order valence-corrected chi connectivity index (χ3v) is 5.97. The minimum atomic E-state index is -0.606. The summed E-state index contributed by atoms with van der Waals surface area (Å²) in [5.41, 5.74) is 0. The molecule has 2 unspecified atom stereocenters. The molecule has 3 heteroatoms. The molecule has 2 aliphatic heterocycles. The van der Waals surface area contributed by atoms with Gasteiger partial charge >= 0.3 is 5.97 Å². The van der Waals surface area contributed by atoms with Crippen LogP contribution in [0.25, 0.3) is 0 Å². The van der Waals surface area contributed by atoms with Crippen LogP contribution in [0.2, 0.25) is 0 Å². The van der Waals surface area contributed by atoms with Gasteiger partial charge in [-0.3, -0.25) is 9.69 Å². The number of rotatable bonds is 5. The lowest BCUT2D eigenvalue weighted by molar-refractivity contribution is -0.138. The molecule has 2 atom stereocenters. The molecule has 0 aromatic heterocycles. The lowest BCUT2D eigenvalue weighted by Gasteiger charge is -2.39. The average molecular weight is 279 g/mol. The minimum Gasteiger partial charge on any atom is -0.481 e. The van der Waals surface area contributed by atoms with E-state index in [-0.39, 0.29) is 0 Å². The zero-order valence-corrected chi connectivity index (χ0v) is 12.6. The highest BCUT2D eigenvalue weighted by Gasteiger charge is 2.40. The summed E-state index contributed by atoms with van der Waals surface area (Å²) in [6.45, 7) is 1.28. The van der Waals surface area contributed by atoms with Gasteiger partial charge in [-0.05, 0) is 50.5 Å². The van der Waals surface area contributed by atoms with Gasteiger partial charge in [0.2, 0.25) is 0 Å². The van der Waals surface area contributed by atoms with Crippen LogP contribution in [0.4, 0.5) is 0 Å². The van der Waals surface area contributed by atoms with Gasteiger partial charge in [-0.1, -0.05) is 32.1 Å². The zero-order valence-electron chi connectivity index (χ0n) is 12.6. The van der Waals surface area contributed by atoms with Crippen LogP contribution in [0, 0.1) is 11.8 Å². The first-order valence-corrected chi connectivity index (χ1v) is 8.70. The van der Waals surface area contributed by atoms with Gasteiger partial charge in [0.15, 0.2) is 0 Å². The Morgan fingerprint density at radius 2 is 1.60 bits per heavy atom. The Balaban J connectivity index is 1.48. The molecule has 114 valence electrons. The number of carboxylic acid groups (broad SMARTS) is 1. The first kappa shape index (κ1) is 14.4. The lowest BCUT2D eigenvalue weighted by Crippen LogP contribution is -2.44. The molecule has 3 rings (SSSR count). The van der Waals surface area contributed by atoms with E-state index in [1.54, 1.807) is 0 Å². The van der Waals surface area contributed by atoms with Crippen LogP contribution in [0.5, 0.6) is 0 Å². The maximum Gasteiger partial charge on any atom is 0.303 e. The van der Waals surface area contributed by atoms with Gasteiger partial charge in [-0.15, -0.1) is 0 Å². The van der Waals surface area contributed by atoms with Crippen LogP contribution in [-0.2, 0) is 4.79 Å². The van der Waals surface area contributed by atoms with Crippen molar-refractivity contribution in [2.75, 3.05) is 6.54 Å². The van der Waals surface area contributed by atoms with Crippen molar-refractivity contribution in [3.05, 3.63) is 0 Å². The van der Waals surface area contributed by atoms with Gasteiger partial charge in [-0.25, -0.2) is 0 Å². The monoisotopic (exact) mass is 279 g/mol. The van der Waals surface area contributed by atoms with Gasteiger partial charge < -0.3 is 5.11 Å². The number of carbonyl (C=O) groups is 1. The van der Waals surface area contributed by atoms with E-state index in [4.69, 9.17) is 5.11 Å². The highest BCUT2D eigenvalue weighted by molar-refractivity contribution is 5.67. The predicted molar refractivity (Wildman–Crippen MR) is 79.7 cm³/mol. The summed E-state index contributed by atoms with van der Waals surface area (Å²) < 4.78 is 0. The Morgan fingerprint density at radius 1 is 0.950 bits per heavy atom. The van der Waals surface area contributed by atoms with Crippen molar-refractivity contribution in [1.29, 1.82) is 0 Å². The van der Waals surface area contributed by atoms with Crippen molar-refractivity contribution in [2.24, 2.45) is 11.8 Å². The molecule has 1 aliphatic carbocycles. The molecule has 3 nitrogen and oxygen atoms in total. The van der Waals surface area contributed by atoms with E-state index in [1.165, 1.54) is 57.9 Å². The summed E-state index contributed by atoms with van der Waals surface area (Å²) in [6, 6.07) is 1.39. The second-order valence-corrected chi connectivity index (χ2v) is 7.35. The molecule has 2 bridgehead atoms. The molecular formula is C17H29NO2. The van der Waals surface area contributed by atoms with Crippen LogP contribution in [0.15, 0.2) is 0 Å². The largest absolute Gasteiger partial charge is 0.481 e. The fourth-order valence-electron chi connectivity index (χ4n) is 4.97. The van der Waals surface area contributed by atoms with Gasteiger partial charge in [-0.2, -0.15) is 0 Å². The number of hydrogen-bond acceptors (Lipinski definition) is 2. The number of piperidine rings is 1. The van der Waals surface area contributed by atoms with Gasteiger partial charge in [0.05, 0.1) is 0 Å². The fourth-order valence-corrected chi connectivity index (χ4v) is 4.97. The van der Waals surface area contributed by atoms with Crippen molar-refractivity contribution in [3.8, 4) is 0 Å². The van der Waals surface area contributed by atoms with Crippen LogP contribution >= 0.6 is 0 Å². The minimum absolute atomic E-state index is 0.392. The Hall–Kier alpha value is -0.570. The van der Waals surface area contributed by atoms with Crippen molar-refractivity contribution < 1.29 is 9.90 Å². The second kappa shape index (κ2) is 6.46. The van der Waals surface area contributed by atoms with Crippen molar-refractivity contribution in [3.63, 3.8) is 0 Å². The maximum absolute atomic E-state index is 10.9. The van der Waals surface area contributed by atoms with Crippen molar-refractivity contribution in [2.45, 2.75) is 82.7 Å². The van der Waals surface area contributed by atoms with Gasteiger partial charge in [0, 0.05) is 18.5 Å². The van der Waals surface area contributed by atoms with E-state index >= 15 is 0 Å². The molecule has 0 amide bonds. The standard InChI is InChI=1S/C17H29NO2/c19-17(20)12-14-10-15-6-7-16(11-14)18(15)9-8-13-4-2-1-3-5-13/h13-16H,1-12H2,(H,19,20). The summed E-state index contributed by atoms with van der Waals surface area (Å²) in [5.74, 6) is 0.806. The normalized spacial score (nSPS) is 35.3. The van der Waals surface area contributed by atoms with Gasteiger partial charge in [0.1, 0.15) is 0 Å². The molecule has 2 saturated heterocycles.